The summed E-state index contributed by atoms with van der Waals surface area (Å²) < 4.78 is 15.2. The number of rotatable bonds is 3. The summed E-state index contributed by atoms with van der Waals surface area (Å²) in [7, 11) is 0. The summed E-state index contributed by atoms with van der Waals surface area (Å²) in [5.74, 6) is -0.619. The van der Waals surface area contributed by atoms with E-state index in [1.807, 2.05) is 24.3 Å². The fourth-order valence-corrected chi connectivity index (χ4v) is 2.46. The fraction of sp³-hybridized carbons (Fsp3) is 0.118. The molecular formula is C17H16FN5OS. The minimum absolute atomic E-state index is 0.0925. The van der Waals surface area contributed by atoms with Crippen molar-refractivity contribution in [1.82, 2.24) is 20.4 Å². The molecule has 1 amide bonds. The first-order valence-corrected chi connectivity index (χ1v) is 7.95. The first-order valence-electron chi connectivity index (χ1n) is 7.55. The van der Waals surface area contributed by atoms with E-state index >= 15 is 0 Å². The summed E-state index contributed by atoms with van der Waals surface area (Å²) in [6.45, 7) is 1.77. The van der Waals surface area contributed by atoms with Gasteiger partial charge in [-0.25, -0.2) is 9.37 Å². The highest BCUT2D eigenvalue weighted by atomic mass is 32.1. The SMILES string of the molecule is Cc1ccc(NC(=S)NNC(=O)Cn2cnc3ccccc32)cc1F. The van der Waals surface area contributed by atoms with Crippen LogP contribution in [0.4, 0.5) is 10.1 Å². The molecule has 0 fully saturated rings. The minimum atomic E-state index is -0.330. The van der Waals surface area contributed by atoms with Gasteiger partial charge in [0.15, 0.2) is 5.11 Å². The van der Waals surface area contributed by atoms with Crippen molar-refractivity contribution in [3.05, 3.63) is 60.2 Å². The van der Waals surface area contributed by atoms with Gasteiger partial charge in [0.2, 0.25) is 0 Å². The van der Waals surface area contributed by atoms with Crippen molar-refractivity contribution in [3.8, 4) is 0 Å². The molecule has 0 saturated carbocycles. The van der Waals surface area contributed by atoms with Gasteiger partial charge in [-0.3, -0.25) is 15.6 Å². The lowest BCUT2D eigenvalue weighted by molar-refractivity contribution is -0.122. The summed E-state index contributed by atoms with van der Waals surface area (Å²) in [6, 6.07) is 12.2. The maximum Gasteiger partial charge on any atom is 0.258 e. The van der Waals surface area contributed by atoms with Crippen LogP contribution in [0.2, 0.25) is 0 Å². The van der Waals surface area contributed by atoms with Crippen molar-refractivity contribution in [2.75, 3.05) is 5.32 Å². The first kappa shape index (κ1) is 16.8. The van der Waals surface area contributed by atoms with Gasteiger partial charge in [0.25, 0.3) is 5.91 Å². The highest BCUT2D eigenvalue weighted by Gasteiger charge is 2.07. The number of hydrogen-bond donors (Lipinski definition) is 3. The third kappa shape index (κ3) is 4.10. The minimum Gasteiger partial charge on any atom is -0.331 e. The van der Waals surface area contributed by atoms with E-state index in [4.69, 9.17) is 12.2 Å². The number of anilines is 1. The Morgan fingerprint density at radius 2 is 2.04 bits per heavy atom. The number of para-hydroxylation sites is 2. The molecule has 0 atom stereocenters. The zero-order valence-corrected chi connectivity index (χ0v) is 14.2. The number of carbonyl (C=O) groups is 1. The molecule has 6 nitrogen and oxygen atoms in total. The van der Waals surface area contributed by atoms with E-state index in [0.717, 1.165) is 11.0 Å². The molecule has 1 aromatic heterocycles. The van der Waals surface area contributed by atoms with Gasteiger partial charge in [0.1, 0.15) is 12.4 Å². The lowest BCUT2D eigenvalue weighted by atomic mass is 10.2. The Hall–Kier alpha value is -3.00. The Morgan fingerprint density at radius 1 is 1.24 bits per heavy atom. The van der Waals surface area contributed by atoms with Crippen LogP contribution in [0.1, 0.15) is 5.56 Å². The standard InChI is InChI=1S/C17H16FN5OS/c1-11-6-7-12(8-13(11)18)20-17(25)22-21-16(24)9-23-10-19-14-4-2-3-5-15(14)23/h2-8,10H,9H2,1H3,(H,21,24)(H2,20,22,25). The summed E-state index contributed by atoms with van der Waals surface area (Å²) in [4.78, 5) is 16.3. The molecule has 3 N–H and O–H groups in total. The van der Waals surface area contributed by atoms with Crippen LogP contribution >= 0.6 is 12.2 Å². The maximum absolute atomic E-state index is 13.5. The second-order valence-corrected chi connectivity index (χ2v) is 5.86. The van der Waals surface area contributed by atoms with E-state index < -0.39 is 0 Å². The molecule has 0 saturated heterocycles. The van der Waals surface area contributed by atoms with Gasteiger partial charge in [-0.05, 0) is 49.0 Å². The summed E-state index contributed by atoms with van der Waals surface area (Å²) >= 11 is 5.08. The van der Waals surface area contributed by atoms with E-state index in [-0.39, 0.29) is 23.4 Å². The topological polar surface area (TPSA) is 71.0 Å². The van der Waals surface area contributed by atoms with Crippen molar-refractivity contribution in [3.63, 3.8) is 0 Å². The second kappa shape index (κ2) is 7.27. The number of hydrazine groups is 1. The van der Waals surface area contributed by atoms with Crippen LogP contribution in [0, 0.1) is 12.7 Å². The van der Waals surface area contributed by atoms with Crippen LogP contribution in [0.25, 0.3) is 11.0 Å². The number of carbonyl (C=O) groups excluding carboxylic acids is 1. The molecule has 8 heteroatoms. The van der Waals surface area contributed by atoms with Crippen molar-refractivity contribution in [2.24, 2.45) is 0 Å². The summed E-state index contributed by atoms with van der Waals surface area (Å²) in [5.41, 5.74) is 7.82. The predicted octanol–water partition coefficient (Wildman–Crippen LogP) is 2.50. The van der Waals surface area contributed by atoms with Crippen LogP contribution < -0.4 is 16.2 Å². The average Bonchev–Trinajstić information content (AvgIpc) is 2.99. The number of aryl methyl sites for hydroxylation is 1. The third-order valence-electron chi connectivity index (χ3n) is 3.59. The smallest absolute Gasteiger partial charge is 0.258 e. The van der Waals surface area contributed by atoms with E-state index in [9.17, 15) is 9.18 Å². The molecule has 0 bridgehead atoms. The number of halogens is 1. The number of amides is 1. The fourth-order valence-electron chi connectivity index (χ4n) is 2.29. The van der Waals surface area contributed by atoms with Crippen LogP contribution in [0.3, 0.4) is 0 Å². The van der Waals surface area contributed by atoms with Gasteiger partial charge in [0, 0.05) is 5.69 Å². The first-order chi connectivity index (χ1) is 12.0. The van der Waals surface area contributed by atoms with Gasteiger partial charge < -0.3 is 9.88 Å². The molecule has 0 aliphatic carbocycles. The van der Waals surface area contributed by atoms with Crippen LogP contribution in [0.5, 0.6) is 0 Å². The summed E-state index contributed by atoms with van der Waals surface area (Å²) in [6.07, 6.45) is 1.61. The Kier molecular flexibility index (Phi) is 4.90. The number of thiocarbonyl (C=S) groups is 1. The normalized spacial score (nSPS) is 10.5. The average molecular weight is 357 g/mol. The molecule has 25 heavy (non-hydrogen) atoms. The predicted molar refractivity (Wildman–Crippen MR) is 98.4 cm³/mol. The highest BCUT2D eigenvalue weighted by Crippen LogP contribution is 2.13. The zero-order chi connectivity index (χ0) is 17.8. The molecular weight excluding hydrogens is 341 g/mol. The number of nitrogens with one attached hydrogen (secondary N) is 3. The number of nitrogens with zero attached hydrogens (tertiary/aromatic N) is 2. The largest absolute Gasteiger partial charge is 0.331 e. The molecule has 0 radical (unpaired) electrons. The van der Waals surface area contributed by atoms with Gasteiger partial charge in [-0.1, -0.05) is 18.2 Å². The number of aromatic nitrogens is 2. The van der Waals surface area contributed by atoms with Gasteiger partial charge in [-0.2, -0.15) is 0 Å². The maximum atomic E-state index is 13.5. The van der Waals surface area contributed by atoms with Crippen LogP contribution in [-0.4, -0.2) is 20.6 Å². The molecule has 0 spiro atoms. The zero-order valence-electron chi connectivity index (χ0n) is 13.4. The summed E-state index contributed by atoms with van der Waals surface area (Å²) in [5, 5.41) is 2.96. The number of benzene rings is 2. The Labute approximate surface area is 149 Å². The van der Waals surface area contributed by atoms with Gasteiger partial charge >= 0.3 is 0 Å². The molecule has 3 aromatic rings. The Morgan fingerprint density at radius 3 is 2.84 bits per heavy atom. The third-order valence-corrected chi connectivity index (χ3v) is 3.79. The highest BCUT2D eigenvalue weighted by molar-refractivity contribution is 7.80. The molecule has 0 aliphatic heterocycles. The van der Waals surface area contributed by atoms with Crippen molar-refractivity contribution in [2.45, 2.75) is 13.5 Å². The molecule has 0 aliphatic rings. The Balaban J connectivity index is 1.53. The van der Waals surface area contributed by atoms with Gasteiger partial charge in [0.05, 0.1) is 17.4 Å². The molecule has 1 heterocycles. The van der Waals surface area contributed by atoms with E-state index in [2.05, 4.69) is 21.2 Å². The molecule has 2 aromatic carbocycles. The van der Waals surface area contributed by atoms with Gasteiger partial charge in [-0.15, -0.1) is 0 Å². The van der Waals surface area contributed by atoms with Crippen molar-refractivity contribution < 1.29 is 9.18 Å². The second-order valence-electron chi connectivity index (χ2n) is 5.45. The molecule has 128 valence electrons. The quantitative estimate of drug-likeness (QED) is 0.496. The molecule has 3 rings (SSSR count). The number of hydrogen-bond acceptors (Lipinski definition) is 3. The Bertz CT molecular complexity index is 940. The number of fused-ring (bicyclic) bond motifs is 1. The van der Waals surface area contributed by atoms with Crippen molar-refractivity contribution >= 4 is 40.0 Å². The lowest BCUT2D eigenvalue weighted by Gasteiger charge is -2.12. The van der Waals surface area contributed by atoms with E-state index in [1.54, 1.807) is 30.0 Å². The van der Waals surface area contributed by atoms with E-state index in [0.29, 0.717) is 11.3 Å². The monoisotopic (exact) mass is 357 g/mol. The number of imidazole rings is 1. The van der Waals surface area contributed by atoms with Crippen molar-refractivity contribution in [1.29, 1.82) is 0 Å². The van der Waals surface area contributed by atoms with E-state index in [1.165, 1.54) is 6.07 Å². The molecule has 0 unspecified atom stereocenters. The van der Waals surface area contributed by atoms with Crippen LogP contribution in [-0.2, 0) is 11.3 Å². The van der Waals surface area contributed by atoms with Crippen LogP contribution in [0.15, 0.2) is 48.8 Å². The lowest BCUT2D eigenvalue weighted by Crippen LogP contribution is -2.45.